The lowest BCUT2D eigenvalue weighted by Crippen LogP contribution is -2.30. The minimum absolute atomic E-state index is 0.245. The molecule has 2 fully saturated rings. The summed E-state index contributed by atoms with van der Waals surface area (Å²) in [6, 6.07) is 10.2. The molecule has 2 bridgehead atoms. The summed E-state index contributed by atoms with van der Waals surface area (Å²) < 4.78 is 6.21. The highest BCUT2D eigenvalue weighted by Gasteiger charge is 2.47. The normalized spacial score (nSPS) is 27.5. The summed E-state index contributed by atoms with van der Waals surface area (Å²) in [5, 5.41) is 19.5. The predicted molar refractivity (Wildman–Crippen MR) is 123 cm³/mol. The smallest absolute Gasteiger partial charge is 0.303 e. The molecule has 0 saturated carbocycles. The molecule has 5 heteroatoms. The summed E-state index contributed by atoms with van der Waals surface area (Å²) in [7, 11) is 0. The van der Waals surface area contributed by atoms with Crippen molar-refractivity contribution in [1.29, 1.82) is 0 Å². The number of hydrogen-bond acceptors (Lipinski definition) is 4. The number of carbonyl (C=O) groups is 1. The van der Waals surface area contributed by atoms with Gasteiger partial charge in [-0.1, -0.05) is 42.5 Å². The van der Waals surface area contributed by atoms with Crippen molar-refractivity contribution in [2.45, 2.75) is 76.1 Å². The maximum atomic E-state index is 10.8. The topological polar surface area (TPSA) is 66.8 Å². The first-order valence-electron chi connectivity index (χ1n) is 11.3. The third-order valence-corrected chi connectivity index (χ3v) is 7.56. The van der Waals surface area contributed by atoms with Gasteiger partial charge in [-0.15, -0.1) is 0 Å². The van der Waals surface area contributed by atoms with Gasteiger partial charge in [-0.2, -0.15) is 11.8 Å². The molecule has 1 aromatic carbocycles. The Morgan fingerprint density at radius 1 is 1.20 bits per heavy atom. The van der Waals surface area contributed by atoms with E-state index in [0.717, 1.165) is 30.8 Å². The Balaban J connectivity index is 1.39. The van der Waals surface area contributed by atoms with Crippen LogP contribution in [0.2, 0.25) is 0 Å². The molecule has 0 amide bonds. The van der Waals surface area contributed by atoms with E-state index in [4.69, 9.17) is 9.84 Å². The van der Waals surface area contributed by atoms with Crippen molar-refractivity contribution in [2.75, 3.05) is 11.5 Å². The molecule has 2 aliphatic rings. The molecule has 1 aromatic rings. The molecule has 30 heavy (non-hydrogen) atoms. The number of ether oxygens (including phenoxy) is 1. The Kier molecular flexibility index (Phi) is 8.84. The highest BCUT2D eigenvalue weighted by molar-refractivity contribution is 7.99. The number of thioether (sulfide) groups is 1. The fraction of sp³-hybridized carbons (Fsp3) is 0.640. The number of fused-ring (bicyclic) bond motifs is 2. The molecule has 2 saturated heterocycles. The van der Waals surface area contributed by atoms with Crippen LogP contribution in [0, 0.1) is 11.8 Å². The molecule has 5 atom stereocenters. The van der Waals surface area contributed by atoms with Gasteiger partial charge in [0.05, 0.1) is 17.8 Å². The van der Waals surface area contributed by atoms with E-state index in [1.807, 2.05) is 36.9 Å². The summed E-state index contributed by atoms with van der Waals surface area (Å²) >= 11 is 1.95. The van der Waals surface area contributed by atoms with Gasteiger partial charge < -0.3 is 14.9 Å². The largest absolute Gasteiger partial charge is 0.481 e. The molecular formula is C25H36O4S. The summed E-state index contributed by atoms with van der Waals surface area (Å²) in [6.45, 7) is 1.94. The Bertz CT molecular complexity index is 688. The van der Waals surface area contributed by atoms with Crippen LogP contribution in [0.1, 0.15) is 57.4 Å². The number of allylic oxidation sites excluding steroid dienone is 2. The number of aliphatic carboxylic acids is 1. The highest BCUT2D eigenvalue weighted by Crippen LogP contribution is 2.46. The number of unbranched alkanes of at least 4 members (excludes halogenated alkanes) is 1. The summed E-state index contributed by atoms with van der Waals surface area (Å²) in [6.07, 6.45) is 11.8. The zero-order valence-corrected chi connectivity index (χ0v) is 18.9. The third-order valence-electron chi connectivity index (χ3n) is 6.45. The second-order valence-electron chi connectivity index (χ2n) is 9.10. The first-order valence-corrected chi connectivity index (χ1v) is 12.5. The summed E-state index contributed by atoms with van der Waals surface area (Å²) in [5.74, 6) is 2.52. The Morgan fingerprint density at radius 3 is 2.67 bits per heavy atom. The zero-order chi connectivity index (χ0) is 21.4. The third kappa shape index (κ3) is 7.14. The minimum atomic E-state index is -0.718. The standard InChI is InChI=1S/C25H36O4S/c1-25(28,17-19-9-5-4-6-10-19)15-16-30-18-21-20(22-13-14-23(21)29-22)11-7-2-3-8-12-24(26)27/h2,4-7,9-10,20-23,28H,3,8,11-18H2,1H3,(H,26,27)/t20-,21+,22-,23+,25?/m1/s1. The van der Waals surface area contributed by atoms with Crippen molar-refractivity contribution in [3.8, 4) is 0 Å². The van der Waals surface area contributed by atoms with E-state index in [2.05, 4.69) is 24.3 Å². The molecular weight excluding hydrogens is 396 g/mol. The van der Waals surface area contributed by atoms with Gasteiger partial charge >= 0.3 is 5.97 Å². The van der Waals surface area contributed by atoms with E-state index in [9.17, 15) is 9.90 Å². The van der Waals surface area contributed by atoms with E-state index >= 15 is 0 Å². The quantitative estimate of drug-likeness (QED) is 0.335. The van der Waals surface area contributed by atoms with Crippen LogP contribution in [0.15, 0.2) is 42.5 Å². The van der Waals surface area contributed by atoms with Crippen molar-refractivity contribution < 1.29 is 19.7 Å². The number of rotatable bonds is 13. The van der Waals surface area contributed by atoms with Gasteiger partial charge in [-0.25, -0.2) is 0 Å². The molecule has 0 radical (unpaired) electrons. The van der Waals surface area contributed by atoms with E-state index in [1.54, 1.807) is 0 Å². The van der Waals surface area contributed by atoms with Crippen molar-refractivity contribution in [2.24, 2.45) is 11.8 Å². The average molecular weight is 433 g/mol. The molecule has 2 heterocycles. The first kappa shape index (κ1) is 23.4. The number of hydrogen-bond donors (Lipinski definition) is 2. The Morgan fingerprint density at radius 2 is 1.93 bits per heavy atom. The van der Waals surface area contributed by atoms with E-state index in [1.165, 1.54) is 18.4 Å². The molecule has 0 aromatic heterocycles. The number of benzene rings is 1. The predicted octanol–water partition coefficient (Wildman–Crippen LogP) is 5.10. The number of aliphatic hydroxyl groups is 1. The van der Waals surface area contributed by atoms with Crippen LogP contribution in [-0.4, -0.2) is 45.5 Å². The van der Waals surface area contributed by atoms with Gasteiger partial charge in [-0.05, 0) is 74.4 Å². The highest BCUT2D eigenvalue weighted by atomic mass is 32.2. The number of carboxylic acids is 1. The van der Waals surface area contributed by atoms with Crippen LogP contribution in [0.4, 0.5) is 0 Å². The van der Waals surface area contributed by atoms with Gasteiger partial charge in [0.1, 0.15) is 0 Å². The molecule has 2 aliphatic heterocycles. The van der Waals surface area contributed by atoms with Gasteiger partial charge in [0.25, 0.3) is 0 Å². The SMILES string of the molecule is CC(O)(CCSC[C@H]1[C@@H](CC=CCCCC(=O)O)[C@H]2CC[C@@H]1O2)Cc1ccccc1. The molecule has 0 aliphatic carbocycles. The van der Waals surface area contributed by atoms with Gasteiger partial charge in [-0.3, -0.25) is 4.79 Å². The van der Waals surface area contributed by atoms with Crippen LogP contribution >= 0.6 is 11.8 Å². The van der Waals surface area contributed by atoms with Crippen molar-refractivity contribution in [1.82, 2.24) is 0 Å². The summed E-state index contributed by atoms with van der Waals surface area (Å²) in [4.78, 5) is 10.6. The van der Waals surface area contributed by atoms with Crippen LogP contribution in [-0.2, 0) is 16.0 Å². The molecule has 2 N–H and O–H groups in total. The van der Waals surface area contributed by atoms with Gasteiger partial charge in [0, 0.05) is 12.8 Å². The lowest BCUT2D eigenvalue weighted by molar-refractivity contribution is -0.137. The van der Waals surface area contributed by atoms with Gasteiger partial charge in [0.2, 0.25) is 0 Å². The Hall–Kier alpha value is -1.30. The van der Waals surface area contributed by atoms with E-state index < -0.39 is 11.6 Å². The van der Waals surface area contributed by atoms with Crippen molar-refractivity contribution in [3.05, 3.63) is 48.0 Å². The lowest BCUT2D eigenvalue weighted by Gasteiger charge is -2.28. The molecule has 166 valence electrons. The van der Waals surface area contributed by atoms with E-state index in [-0.39, 0.29) is 6.42 Å². The maximum absolute atomic E-state index is 10.8. The zero-order valence-electron chi connectivity index (χ0n) is 18.0. The van der Waals surface area contributed by atoms with Crippen LogP contribution in [0.3, 0.4) is 0 Å². The maximum Gasteiger partial charge on any atom is 0.303 e. The molecule has 0 spiro atoms. The molecule has 1 unspecified atom stereocenters. The van der Waals surface area contributed by atoms with E-state index in [0.29, 0.717) is 36.9 Å². The number of carboxylic acid groups (broad SMARTS) is 1. The van der Waals surface area contributed by atoms with Crippen LogP contribution < -0.4 is 0 Å². The Labute approximate surface area is 185 Å². The molecule has 4 nitrogen and oxygen atoms in total. The fourth-order valence-corrected chi connectivity index (χ4v) is 6.29. The summed E-state index contributed by atoms with van der Waals surface area (Å²) in [5.41, 5.74) is 0.515. The second-order valence-corrected chi connectivity index (χ2v) is 10.2. The fourth-order valence-electron chi connectivity index (χ4n) is 4.81. The van der Waals surface area contributed by atoms with Crippen LogP contribution in [0.5, 0.6) is 0 Å². The monoisotopic (exact) mass is 432 g/mol. The minimum Gasteiger partial charge on any atom is -0.481 e. The average Bonchev–Trinajstić information content (AvgIpc) is 3.30. The second kappa shape index (κ2) is 11.4. The van der Waals surface area contributed by atoms with Gasteiger partial charge in [0.15, 0.2) is 0 Å². The van der Waals surface area contributed by atoms with Crippen molar-refractivity contribution in [3.63, 3.8) is 0 Å². The lowest BCUT2D eigenvalue weighted by atomic mass is 9.78. The molecule has 3 rings (SSSR count). The van der Waals surface area contributed by atoms with Crippen molar-refractivity contribution >= 4 is 17.7 Å². The first-order chi connectivity index (χ1) is 14.4. The van der Waals surface area contributed by atoms with Crippen LogP contribution in [0.25, 0.3) is 0 Å².